The van der Waals surface area contributed by atoms with Gasteiger partial charge in [-0.1, -0.05) is 24.3 Å². The van der Waals surface area contributed by atoms with Crippen LogP contribution in [0.1, 0.15) is 19.5 Å². The third-order valence-corrected chi connectivity index (χ3v) is 3.20. The second-order valence-electron chi connectivity index (χ2n) is 5.35. The maximum atomic E-state index is 11.2. The van der Waals surface area contributed by atoms with Crippen LogP contribution < -0.4 is 11.1 Å². The average molecular weight is 257 g/mol. The molecule has 1 aromatic carbocycles. The zero-order chi connectivity index (χ0) is 13.9. The number of benzene rings is 1. The van der Waals surface area contributed by atoms with Crippen molar-refractivity contribution in [1.82, 2.24) is 10.3 Å². The number of pyridine rings is 1. The van der Waals surface area contributed by atoms with Gasteiger partial charge < -0.3 is 11.1 Å². The summed E-state index contributed by atoms with van der Waals surface area (Å²) in [5.41, 5.74) is 6.72. The molecule has 1 amide bonds. The van der Waals surface area contributed by atoms with Crippen LogP contribution in [0.25, 0.3) is 10.9 Å². The number of para-hydroxylation sites is 1. The van der Waals surface area contributed by atoms with E-state index in [2.05, 4.69) is 16.4 Å². The number of amides is 1. The van der Waals surface area contributed by atoms with Gasteiger partial charge >= 0.3 is 0 Å². The fraction of sp³-hybridized carbons (Fsp3) is 0.333. The van der Waals surface area contributed by atoms with E-state index in [-0.39, 0.29) is 5.91 Å². The Morgan fingerprint density at radius 3 is 2.74 bits per heavy atom. The molecule has 0 aliphatic carbocycles. The second-order valence-corrected chi connectivity index (χ2v) is 5.35. The molecular weight excluding hydrogens is 238 g/mol. The number of rotatable bonds is 5. The molecule has 0 aliphatic rings. The average Bonchev–Trinajstić information content (AvgIpc) is 2.38. The minimum Gasteiger partial charge on any atom is -0.369 e. The number of fused-ring (bicyclic) bond motifs is 1. The van der Waals surface area contributed by atoms with Crippen LogP contribution in [0.3, 0.4) is 0 Å². The van der Waals surface area contributed by atoms with Crippen molar-refractivity contribution in [1.29, 1.82) is 0 Å². The number of nitrogens with two attached hydrogens (primary N) is 1. The number of hydrogen-bond donors (Lipinski definition) is 2. The van der Waals surface area contributed by atoms with Crippen LogP contribution in [-0.2, 0) is 11.3 Å². The lowest BCUT2D eigenvalue weighted by Crippen LogP contribution is -2.40. The van der Waals surface area contributed by atoms with E-state index in [0.29, 0.717) is 13.1 Å². The van der Waals surface area contributed by atoms with Gasteiger partial charge in [0, 0.05) is 18.5 Å². The molecule has 3 N–H and O–H groups in total. The predicted octanol–water partition coefficient (Wildman–Crippen LogP) is 1.84. The third-order valence-electron chi connectivity index (χ3n) is 3.20. The Balaban J connectivity index is 2.00. The molecule has 4 nitrogen and oxygen atoms in total. The molecule has 0 saturated carbocycles. The molecule has 2 rings (SSSR count). The molecule has 19 heavy (non-hydrogen) atoms. The van der Waals surface area contributed by atoms with Crippen molar-refractivity contribution in [2.24, 2.45) is 11.1 Å². The van der Waals surface area contributed by atoms with Gasteiger partial charge in [0.15, 0.2) is 0 Å². The largest absolute Gasteiger partial charge is 0.369 e. The second kappa shape index (κ2) is 5.36. The maximum absolute atomic E-state index is 11.2. The Bertz CT molecular complexity index is 593. The van der Waals surface area contributed by atoms with E-state index in [9.17, 15) is 4.79 Å². The van der Waals surface area contributed by atoms with E-state index in [1.807, 2.05) is 44.2 Å². The van der Waals surface area contributed by atoms with E-state index in [4.69, 9.17) is 5.73 Å². The number of aromatic nitrogens is 1. The van der Waals surface area contributed by atoms with Gasteiger partial charge in [0.05, 0.1) is 16.6 Å². The van der Waals surface area contributed by atoms with Crippen molar-refractivity contribution in [3.05, 3.63) is 42.1 Å². The van der Waals surface area contributed by atoms with Crippen LogP contribution in [0.2, 0.25) is 0 Å². The summed E-state index contributed by atoms with van der Waals surface area (Å²) < 4.78 is 0. The van der Waals surface area contributed by atoms with Crippen molar-refractivity contribution in [3.63, 3.8) is 0 Å². The fourth-order valence-electron chi connectivity index (χ4n) is 1.80. The first kappa shape index (κ1) is 13.5. The van der Waals surface area contributed by atoms with Crippen LogP contribution in [0.5, 0.6) is 0 Å². The number of nitrogens with zero attached hydrogens (tertiary/aromatic N) is 1. The summed E-state index contributed by atoms with van der Waals surface area (Å²) in [5.74, 6) is -0.300. The van der Waals surface area contributed by atoms with Gasteiger partial charge in [-0.2, -0.15) is 0 Å². The highest BCUT2D eigenvalue weighted by atomic mass is 16.1. The molecule has 4 heteroatoms. The number of carbonyl (C=O) groups excluding carboxylic acids is 1. The molecule has 0 saturated heterocycles. The molecular formula is C15H19N3O. The Hall–Kier alpha value is -1.94. The molecule has 0 bridgehead atoms. The highest BCUT2D eigenvalue weighted by molar-refractivity contribution is 5.80. The summed E-state index contributed by atoms with van der Waals surface area (Å²) in [6.07, 6.45) is 0. The summed E-state index contributed by atoms with van der Waals surface area (Å²) in [5, 5.41) is 4.35. The van der Waals surface area contributed by atoms with E-state index < -0.39 is 5.41 Å². The Kier molecular flexibility index (Phi) is 3.81. The lowest BCUT2D eigenvalue weighted by Gasteiger charge is -2.20. The van der Waals surface area contributed by atoms with Crippen LogP contribution in [0.4, 0.5) is 0 Å². The molecule has 0 fully saturated rings. The normalized spacial score (nSPS) is 11.7. The van der Waals surface area contributed by atoms with Gasteiger partial charge in [0.25, 0.3) is 0 Å². The quantitative estimate of drug-likeness (QED) is 0.858. The summed E-state index contributed by atoms with van der Waals surface area (Å²) in [7, 11) is 0. The molecule has 1 heterocycles. The third kappa shape index (κ3) is 3.29. The molecule has 0 atom stereocenters. The van der Waals surface area contributed by atoms with E-state index >= 15 is 0 Å². The Labute approximate surface area is 113 Å². The summed E-state index contributed by atoms with van der Waals surface area (Å²) in [6, 6.07) is 12.0. The molecule has 0 radical (unpaired) electrons. The highest BCUT2D eigenvalue weighted by Crippen LogP contribution is 2.14. The summed E-state index contributed by atoms with van der Waals surface area (Å²) in [6.45, 7) is 4.82. The first-order valence-corrected chi connectivity index (χ1v) is 6.34. The zero-order valence-corrected chi connectivity index (χ0v) is 11.3. The minimum atomic E-state index is -0.545. The van der Waals surface area contributed by atoms with Gasteiger partial charge in [0.1, 0.15) is 0 Å². The number of primary amides is 1. The van der Waals surface area contributed by atoms with Crippen LogP contribution in [0, 0.1) is 5.41 Å². The van der Waals surface area contributed by atoms with Crippen molar-refractivity contribution < 1.29 is 4.79 Å². The molecule has 0 unspecified atom stereocenters. The Morgan fingerprint density at radius 1 is 1.26 bits per heavy atom. The van der Waals surface area contributed by atoms with Gasteiger partial charge in [-0.05, 0) is 26.0 Å². The van der Waals surface area contributed by atoms with Crippen molar-refractivity contribution >= 4 is 16.8 Å². The van der Waals surface area contributed by atoms with Crippen LogP contribution >= 0.6 is 0 Å². The number of hydrogen-bond acceptors (Lipinski definition) is 3. The van der Waals surface area contributed by atoms with Crippen LogP contribution in [0.15, 0.2) is 36.4 Å². The van der Waals surface area contributed by atoms with Crippen LogP contribution in [-0.4, -0.2) is 17.4 Å². The molecule has 2 aromatic rings. The standard InChI is InChI=1S/C15H19N3O/c1-15(2,14(16)19)10-17-9-12-8-7-11-5-3-4-6-13(11)18-12/h3-8,17H,9-10H2,1-2H3,(H2,16,19). The van der Waals surface area contributed by atoms with Crippen molar-refractivity contribution in [2.45, 2.75) is 20.4 Å². The summed E-state index contributed by atoms with van der Waals surface area (Å²) in [4.78, 5) is 15.8. The van der Waals surface area contributed by atoms with Gasteiger partial charge in [-0.15, -0.1) is 0 Å². The van der Waals surface area contributed by atoms with E-state index in [1.165, 1.54) is 0 Å². The Morgan fingerprint density at radius 2 is 2.00 bits per heavy atom. The highest BCUT2D eigenvalue weighted by Gasteiger charge is 2.24. The maximum Gasteiger partial charge on any atom is 0.224 e. The zero-order valence-electron chi connectivity index (χ0n) is 11.3. The molecule has 1 aromatic heterocycles. The van der Waals surface area contributed by atoms with Gasteiger partial charge in [0.2, 0.25) is 5.91 Å². The van der Waals surface area contributed by atoms with Crippen molar-refractivity contribution in [3.8, 4) is 0 Å². The smallest absolute Gasteiger partial charge is 0.224 e. The first-order valence-electron chi connectivity index (χ1n) is 6.34. The molecule has 100 valence electrons. The SMILES string of the molecule is CC(C)(CNCc1ccc2ccccc2n1)C(N)=O. The number of nitrogens with one attached hydrogen (secondary N) is 1. The predicted molar refractivity (Wildman–Crippen MR) is 76.4 cm³/mol. The molecule has 0 spiro atoms. The van der Waals surface area contributed by atoms with Gasteiger partial charge in [-0.25, -0.2) is 0 Å². The first-order chi connectivity index (χ1) is 8.99. The lowest BCUT2D eigenvalue weighted by atomic mass is 9.93. The van der Waals surface area contributed by atoms with E-state index in [1.54, 1.807) is 0 Å². The fourth-order valence-corrected chi connectivity index (χ4v) is 1.80. The topological polar surface area (TPSA) is 68.0 Å². The monoisotopic (exact) mass is 257 g/mol. The van der Waals surface area contributed by atoms with Gasteiger partial charge in [-0.3, -0.25) is 9.78 Å². The number of carbonyl (C=O) groups is 1. The minimum absolute atomic E-state index is 0.300. The summed E-state index contributed by atoms with van der Waals surface area (Å²) >= 11 is 0. The van der Waals surface area contributed by atoms with Crippen molar-refractivity contribution in [2.75, 3.05) is 6.54 Å². The van der Waals surface area contributed by atoms with E-state index in [0.717, 1.165) is 16.6 Å². The lowest BCUT2D eigenvalue weighted by molar-refractivity contribution is -0.125. The molecule has 0 aliphatic heterocycles.